The third kappa shape index (κ3) is 3.56. The van der Waals surface area contributed by atoms with Crippen LogP contribution < -0.4 is 11.0 Å². The maximum atomic E-state index is 13.1. The van der Waals surface area contributed by atoms with E-state index in [1.807, 2.05) is 0 Å². The number of aryl methyl sites for hydroxylation is 2. The van der Waals surface area contributed by atoms with Crippen LogP contribution >= 0.6 is 0 Å². The Morgan fingerprint density at radius 2 is 1.89 bits per heavy atom. The lowest BCUT2D eigenvalue weighted by atomic mass is 10.0. The van der Waals surface area contributed by atoms with Crippen molar-refractivity contribution in [2.45, 2.75) is 51.2 Å². The van der Waals surface area contributed by atoms with Gasteiger partial charge in [0, 0.05) is 26.1 Å². The Balaban J connectivity index is 1.35. The topological polar surface area (TPSA) is 89.2 Å². The second-order valence-corrected chi connectivity index (χ2v) is 7.19. The smallest absolute Gasteiger partial charge is 0.330 e. The quantitative estimate of drug-likeness (QED) is 0.844. The number of fused-ring (bicyclic) bond motifs is 1. The highest BCUT2D eigenvalue weighted by atomic mass is 19.1. The van der Waals surface area contributed by atoms with Crippen LogP contribution in [0.25, 0.3) is 0 Å². The maximum Gasteiger partial charge on any atom is 0.345 e. The summed E-state index contributed by atoms with van der Waals surface area (Å²) in [7, 11) is 0. The zero-order valence-corrected chi connectivity index (χ0v) is 15.4. The van der Waals surface area contributed by atoms with Gasteiger partial charge in [-0.05, 0) is 37.0 Å². The number of benzene rings is 1. The van der Waals surface area contributed by atoms with E-state index in [-0.39, 0.29) is 30.4 Å². The number of carbonyl (C=O) groups excluding carboxylic acids is 2. The van der Waals surface area contributed by atoms with E-state index in [1.54, 1.807) is 16.7 Å². The van der Waals surface area contributed by atoms with Crippen molar-refractivity contribution < 1.29 is 14.0 Å². The number of nitrogens with zero attached hydrogens (tertiary/aromatic N) is 4. The number of carbonyl (C=O) groups is 2. The lowest BCUT2D eigenvalue weighted by molar-refractivity contribution is -0.130. The first-order valence-corrected chi connectivity index (χ1v) is 9.56. The molecule has 0 saturated carbocycles. The fraction of sp³-hybridized carbons (Fsp3) is 0.474. The van der Waals surface area contributed by atoms with Crippen LogP contribution in [0.3, 0.4) is 0 Å². The highest BCUT2D eigenvalue weighted by Gasteiger charge is 2.32. The molecule has 4 rings (SSSR count). The molecule has 0 aliphatic carbocycles. The first-order chi connectivity index (χ1) is 13.5. The van der Waals surface area contributed by atoms with Gasteiger partial charge in [0.05, 0.1) is 12.5 Å². The Hall–Kier alpha value is -2.97. The number of hydrogen-bond donors (Lipinski definition) is 1. The van der Waals surface area contributed by atoms with E-state index in [1.165, 1.54) is 21.7 Å². The molecule has 1 saturated heterocycles. The molecule has 2 aliphatic rings. The summed E-state index contributed by atoms with van der Waals surface area (Å²) in [4.78, 5) is 38.3. The number of amides is 3. The van der Waals surface area contributed by atoms with Crippen molar-refractivity contribution in [3.8, 4) is 0 Å². The molecule has 1 fully saturated rings. The van der Waals surface area contributed by atoms with Crippen LogP contribution in [0.4, 0.5) is 9.18 Å². The van der Waals surface area contributed by atoms with E-state index < -0.39 is 12.1 Å². The summed E-state index contributed by atoms with van der Waals surface area (Å²) in [6.07, 6.45) is 3.40. The van der Waals surface area contributed by atoms with Crippen molar-refractivity contribution in [2.75, 3.05) is 6.54 Å². The van der Waals surface area contributed by atoms with Crippen molar-refractivity contribution in [3.63, 3.8) is 0 Å². The Morgan fingerprint density at radius 1 is 1.11 bits per heavy atom. The number of rotatable bonds is 5. The van der Waals surface area contributed by atoms with Crippen LogP contribution in [0, 0.1) is 5.82 Å². The lowest BCUT2D eigenvalue weighted by Gasteiger charge is -2.31. The molecule has 0 spiro atoms. The monoisotopic (exact) mass is 387 g/mol. The molecule has 2 aromatic rings. The fourth-order valence-electron chi connectivity index (χ4n) is 3.77. The van der Waals surface area contributed by atoms with Crippen LogP contribution in [0.1, 0.15) is 43.1 Å². The van der Waals surface area contributed by atoms with Gasteiger partial charge in [-0.25, -0.2) is 18.7 Å². The van der Waals surface area contributed by atoms with Gasteiger partial charge >= 0.3 is 11.7 Å². The maximum absolute atomic E-state index is 13.1. The van der Waals surface area contributed by atoms with Crippen molar-refractivity contribution in [3.05, 3.63) is 52.0 Å². The normalized spacial score (nSPS) is 19.5. The second kappa shape index (κ2) is 7.57. The molecule has 1 atom stereocenters. The molecule has 8 nitrogen and oxygen atoms in total. The van der Waals surface area contributed by atoms with Crippen molar-refractivity contribution in [1.29, 1.82) is 0 Å². The van der Waals surface area contributed by atoms with E-state index in [0.717, 1.165) is 25.1 Å². The predicted molar refractivity (Wildman–Crippen MR) is 98.0 cm³/mol. The first-order valence-electron chi connectivity index (χ1n) is 9.56. The predicted octanol–water partition coefficient (Wildman–Crippen LogP) is 1.59. The lowest BCUT2D eigenvalue weighted by Crippen LogP contribution is -2.51. The number of urea groups is 1. The van der Waals surface area contributed by atoms with Gasteiger partial charge in [-0.3, -0.25) is 14.3 Å². The third-order valence-electron chi connectivity index (χ3n) is 5.28. The van der Waals surface area contributed by atoms with Crippen LogP contribution in [-0.2, 0) is 24.3 Å². The minimum atomic E-state index is -0.470. The SMILES string of the molecule is O=C1CC(c2ccc(F)cc2)NC(=O)N1CCCn1nc2n(c1=O)CCCC2. The van der Waals surface area contributed by atoms with Gasteiger partial charge in [0.25, 0.3) is 0 Å². The molecule has 3 heterocycles. The molecule has 3 amide bonds. The molecule has 1 N–H and O–H groups in total. The molecule has 1 unspecified atom stereocenters. The Kier molecular flexibility index (Phi) is 4.97. The molecule has 9 heteroatoms. The van der Waals surface area contributed by atoms with E-state index >= 15 is 0 Å². The van der Waals surface area contributed by atoms with Gasteiger partial charge in [0.15, 0.2) is 0 Å². The molecule has 28 heavy (non-hydrogen) atoms. The van der Waals surface area contributed by atoms with Gasteiger partial charge in [0.1, 0.15) is 11.6 Å². The summed E-state index contributed by atoms with van der Waals surface area (Å²) in [6.45, 7) is 1.28. The molecule has 0 radical (unpaired) electrons. The van der Waals surface area contributed by atoms with E-state index in [2.05, 4.69) is 10.4 Å². The summed E-state index contributed by atoms with van der Waals surface area (Å²) >= 11 is 0. The highest BCUT2D eigenvalue weighted by molar-refractivity contribution is 5.97. The number of nitrogens with one attached hydrogen (secondary N) is 1. The summed E-state index contributed by atoms with van der Waals surface area (Å²) in [5, 5.41) is 7.15. The van der Waals surface area contributed by atoms with E-state index in [9.17, 15) is 18.8 Å². The molecule has 0 bridgehead atoms. The first kappa shape index (κ1) is 18.4. The van der Waals surface area contributed by atoms with Gasteiger partial charge in [-0.2, -0.15) is 5.10 Å². The molecular formula is C19H22FN5O3. The molecular weight excluding hydrogens is 365 g/mol. The zero-order chi connectivity index (χ0) is 19.7. The number of imide groups is 1. The average molecular weight is 387 g/mol. The second-order valence-electron chi connectivity index (χ2n) is 7.19. The third-order valence-corrected chi connectivity index (χ3v) is 5.28. The van der Waals surface area contributed by atoms with Gasteiger partial charge in [-0.1, -0.05) is 12.1 Å². The minimum Gasteiger partial charge on any atom is -0.330 e. The van der Waals surface area contributed by atoms with Crippen LogP contribution in [0.2, 0.25) is 0 Å². The number of aromatic nitrogens is 3. The minimum absolute atomic E-state index is 0.121. The van der Waals surface area contributed by atoms with Crippen molar-refractivity contribution in [1.82, 2.24) is 24.6 Å². The number of hydrogen-bond acceptors (Lipinski definition) is 4. The van der Waals surface area contributed by atoms with Crippen LogP contribution in [0.15, 0.2) is 29.1 Å². The Morgan fingerprint density at radius 3 is 2.61 bits per heavy atom. The Bertz CT molecular complexity index is 931. The summed E-state index contributed by atoms with van der Waals surface area (Å²) in [6, 6.07) is 4.81. The largest absolute Gasteiger partial charge is 0.345 e. The van der Waals surface area contributed by atoms with Gasteiger partial charge in [0.2, 0.25) is 5.91 Å². The van der Waals surface area contributed by atoms with Crippen LogP contribution in [-0.4, -0.2) is 37.7 Å². The van der Waals surface area contributed by atoms with Crippen molar-refractivity contribution in [2.24, 2.45) is 0 Å². The van der Waals surface area contributed by atoms with Gasteiger partial charge < -0.3 is 5.32 Å². The van der Waals surface area contributed by atoms with Crippen molar-refractivity contribution >= 4 is 11.9 Å². The highest BCUT2D eigenvalue weighted by Crippen LogP contribution is 2.22. The van der Waals surface area contributed by atoms with Gasteiger partial charge in [-0.15, -0.1) is 0 Å². The average Bonchev–Trinajstić information content (AvgIpc) is 3.00. The molecule has 2 aliphatic heterocycles. The Labute approximate surface area is 160 Å². The molecule has 1 aromatic carbocycles. The standard InChI is InChI=1S/C19H22FN5O3/c20-14-7-5-13(6-8-14)15-12-17(26)24(18(27)21-15)10-3-11-25-19(28)23-9-2-1-4-16(23)22-25/h5-8,15H,1-4,9-12H2,(H,21,27). The summed E-state index contributed by atoms with van der Waals surface area (Å²) < 4.78 is 16.2. The summed E-state index contributed by atoms with van der Waals surface area (Å²) in [5.74, 6) is 0.162. The van der Waals surface area contributed by atoms with E-state index in [0.29, 0.717) is 25.1 Å². The fourth-order valence-corrected chi connectivity index (χ4v) is 3.77. The molecule has 1 aromatic heterocycles. The molecule has 148 valence electrons. The zero-order valence-electron chi connectivity index (χ0n) is 15.4. The van der Waals surface area contributed by atoms with Crippen LogP contribution in [0.5, 0.6) is 0 Å². The summed E-state index contributed by atoms with van der Waals surface area (Å²) in [5.41, 5.74) is 0.568. The van der Waals surface area contributed by atoms with E-state index in [4.69, 9.17) is 0 Å². The number of halogens is 1.